The molecule has 6 nitrogen and oxygen atoms in total. The van der Waals surface area contributed by atoms with Gasteiger partial charge in [0, 0.05) is 6.42 Å². The third-order valence-electron chi connectivity index (χ3n) is 5.10. The van der Waals surface area contributed by atoms with Crippen LogP contribution in [0.15, 0.2) is 24.8 Å². The number of rotatable bonds is 19. The van der Waals surface area contributed by atoms with Crippen LogP contribution >= 0.6 is 0 Å². The Morgan fingerprint density at radius 2 is 1.41 bits per heavy atom. The maximum atomic E-state index is 12.3. The van der Waals surface area contributed by atoms with Gasteiger partial charge in [-0.25, -0.2) is 0 Å². The Kier molecular flexibility index (Phi) is 34.0. The summed E-state index contributed by atoms with van der Waals surface area (Å²) in [5, 5.41) is 0. The van der Waals surface area contributed by atoms with Gasteiger partial charge in [-0.3, -0.25) is 14.4 Å². The van der Waals surface area contributed by atoms with Gasteiger partial charge in [-0.1, -0.05) is 99.3 Å². The topological polar surface area (TPSA) is 72.9 Å². The summed E-state index contributed by atoms with van der Waals surface area (Å²) in [6.45, 7) is 19.0. The van der Waals surface area contributed by atoms with Crippen LogP contribution in [0.1, 0.15) is 126 Å². The Morgan fingerprint density at radius 3 is 1.92 bits per heavy atom. The quantitative estimate of drug-likeness (QED) is 0.0738. The summed E-state index contributed by atoms with van der Waals surface area (Å²) in [6.07, 6.45) is 16.9. The predicted octanol–water partition coefficient (Wildman–Crippen LogP) is 8.05. The number of unbranched alkanes of at least 4 members (excludes halogenated alkanes) is 4. The number of amides is 1. The molecule has 0 aliphatic heterocycles. The number of nitrogens with zero attached hydrogens (tertiary/aromatic N) is 1. The Bertz CT molecular complexity index is 572. The van der Waals surface area contributed by atoms with Crippen LogP contribution in [-0.2, 0) is 23.9 Å². The monoisotopic (exact) mass is 525 g/mol. The van der Waals surface area contributed by atoms with E-state index >= 15 is 0 Å². The van der Waals surface area contributed by atoms with E-state index in [2.05, 4.69) is 60.3 Å². The predicted molar refractivity (Wildman–Crippen MR) is 156 cm³/mol. The molecule has 0 bridgehead atoms. The van der Waals surface area contributed by atoms with E-state index in [4.69, 9.17) is 9.47 Å². The van der Waals surface area contributed by atoms with E-state index in [1.807, 2.05) is 6.92 Å². The highest BCUT2D eigenvalue weighted by Gasteiger charge is 2.18. The van der Waals surface area contributed by atoms with Crippen LogP contribution < -0.4 is 0 Å². The van der Waals surface area contributed by atoms with E-state index < -0.39 is 0 Å². The first-order chi connectivity index (χ1) is 17.8. The minimum absolute atomic E-state index is 0.0893. The van der Waals surface area contributed by atoms with Gasteiger partial charge in [-0.2, -0.15) is 0 Å². The summed E-state index contributed by atoms with van der Waals surface area (Å²) >= 11 is 0. The van der Waals surface area contributed by atoms with Gasteiger partial charge in [0.25, 0.3) is 0 Å². The second kappa shape index (κ2) is 31.9. The third kappa shape index (κ3) is 28.3. The summed E-state index contributed by atoms with van der Waals surface area (Å²) < 4.78 is 10.6. The minimum atomic E-state index is -0.273. The molecule has 0 spiro atoms. The molecule has 0 radical (unpaired) electrons. The van der Waals surface area contributed by atoms with E-state index in [9.17, 15) is 14.4 Å². The molecule has 6 heteroatoms. The van der Waals surface area contributed by atoms with Crippen molar-refractivity contribution < 1.29 is 23.9 Å². The van der Waals surface area contributed by atoms with E-state index in [1.54, 1.807) is 0 Å². The Labute approximate surface area is 229 Å². The molecule has 37 heavy (non-hydrogen) atoms. The number of esters is 2. The number of hydrogen-bond donors (Lipinski definition) is 0. The van der Waals surface area contributed by atoms with Crippen molar-refractivity contribution in [1.82, 2.24) is 4.90 Å². The number of allylic oxidation sites excluding steroid dienone is 2. The molecule has 0 N–H and O–H groups in total. The number of carbonyl (C=O) groups is 3. The molecule has 0 saturated heterocycles. The molecule has 0 rings (SSSR count). The minimum Gasteiger partial charge on any atom is -0.464 e. The smallest absolute Gasteiger partial charge is 0.308 e. The molecule has 0 aromatic carbocycles. The normalized spacial score (nSPS) is 10.9. The van der Waals surface area contributed by atoms with Crippen molar-refractivity contribution in [3.63, 3.8) is 0 Å². The summed E-state index contributed by atoms with van der Waals surface area (Å²) in [5.41, 5.74) is 0. The average molecular weight is 526 g/mol. The van der Waals surface area contributed by atoms with E-state index in [0.717, 1.165) is 57.8 Å². The summed E-state index contributed by atoms with van der Waals surface area (Å²) in [6, 6.07) is 0. The second-order valence-electron chi connectivity index (χ2n) is 9.06. The van der Waals surface area contributed by atoms with Gasteiger partial charge in [0.1, 0.15) is 13.2 Å². The molecule has 1 unspecified atom stereocenters. The molecule has 0 aliphatic carbocycles. The molecule has 0 aromatic heterocycles. The average Bonchev–Trinajstić information content (AvgIpc) is 2.88. The van der Waals surface area contributed by atoms with Crippen LogP contribution in [0.2, 0.25) is 0 Å². The van der Waals surface area contributed by atoms with Crippen molar-refractivity contribution >= 4 is 17.8 Å². The lowest BCUT2D eigenvalue weighted by atomic mass is 9.99. The van der Waals surface area contributed by atoms with Crippen LogP contribution in [0.3, 0.4) is 0 Å². The maximum absolute atomic E-state index is 12.3. The van der Waals surface area contributed by atoms with E-state index in [1.165, 1.54) is 23.8 Å². The zero-order chi connectivity index (χ0) is 28.7. The molecule has 0 aromatic rings. The first-order valence-electron chi connectivity index (χ1n) is 14.7. The molecular formula is C31H59NO5. The fraction of sp³-hybridized carbons (Fsp3) is 0.774. The first kappa shape index (κ1) is 39.4. The van der Waals surface area contributed by atoms with Crippen LogP contribution in [0.25, 0.3) is 0 Å². The fourth-order valence-electron chi connectivity index (χ4n) is 3.12. The van der Waals surface area contributed by atoms with Crippen LogP contribution in [0.5, 0.6) is 0 Å². The number of carbonyl (C=O) groups excluding carboxylic acids is 3. The maximum Gasteiger partial charge on any atom is 0.308 e. The Hall–Kier alpha value is -2.11. The van der Waals surface area contributed by atoms with Crippen LogP contribution in [0, 0.1) is 5.92 Å². The Balaban J connectivity index is -0.00000174. The van der Waals surface area contributed by atoms with Gasteiger partial charge in [0.05, 0.1) is 19.0 Å². The first-order valence-corrected chi connectivity index (χ1v) is 14.7. The van der Waals surface area contributed by atoms with Gasteiger partial charge in [-0.15, -0.1) is 0 Å². The molecule has 1 amide bonds. The molecule has 218 valence electrons. The fourth-order valence-corrected chi connectivity index (χ4v) is 3.12. The van der Waals surface area contributed by atoms with Crippen molar-refractivity contribution in [2.45, 2.75) is 126 Å². The molecular weight excluding hydrogens is 466 g/mol. The van der Waals surface area contributed by atoms with Crippen molar-refractivity contribution in [2.24, 2.45) is 5.92 Å². The molecule has 0 heterocycles. The van der Waals surface area contributed by atoms with E-state index in [-0.39, 0.29) is 50.1 Å². The Morgan fingerprint density at radius 1 is 0.811 bits per heavy atom. The van der Waals surface area contributed by atoms with Crippen molar-refractivity contribution in [3.8, 4) is 0 Å². The van der Waals surface area contributed by atoms with E-state index in [0.29, 0.717) is 6.42 Å². The van der Waals surface area contributed by atoms with Crippen molar-refractivity contribution in [3.05, 3.63) is 24.8 Å². The lowest BCUT2D eigenvalue weighted by Gasteiger charge is -2.22. The highest BCUT2D eigenvalue weighted by Crippen LogP contribution is 2.15. The zero-order valence-electron chi connectivity index (χ0n) is 25.3. The highest BCUT2D eigenvalue weighted by atomic mass is 16.5. The van der Waals surface area contributed by atoms with Gasteiger partial charge in [0.2, 0.25) is 5.91 Å². The largest absolute Gasteiger partial charge is 0.464 e. The summed E-state index contributed by atoms with van der Waals surface area (Å²) in [5.74, 6) is -0.821. The zero-order valence-corrected chi connectivity index (χ0v) is 25.3. The van der Waals surface area contributed by atoms with Gasteiger partial charge in [-0.05, 0) is 44.6 Å². The summed E-state index contributed by atoms with van der Waals surface area (Å²) in [4.78, 5) is 37.6. The second-order valence-corrected chi connectivity index (χ2v) is 9.06. The van der Waals surface area contributed by atoms with Crippen LogP contribution in [-0.4, -0.2) is 49.0 Å². The standard InChI is InChI=1S/C25H43NO5.2C3H8/c1-5-9-11-12-13-15-17-24(28)30-20-18-26(23(27)8-4)19-21-31-25(29)22(7-3)16-14-10-6-2;2*1-3-2/h8-9,11,22H,4-7,10,12-21H2,1-3H3;2*3H2,1-2H3/b11-9-;;. The number of ether oxygens (including phenoxy) is 2. The van der Waals surface area contributed by atoms with Crippen LogP contribution in [0.4, 0.5) is 0 Å². The van der Waals surface area contributed by atoms with Gasteiger partial charge >= 0.3 is 11.9 Å². The van der Waals surface area contributed by atoms with Crippen molar-refractivity contribution in [2.75, 3.05) is 26.3 Å². The lowest BCUT2D eigenvalue weighted by molar-refractivity contribution is -0.150. The SMILES string of the molecule is C=CC(=O)N(CCOC(=O)CCCC/C=C\CC)CCOC(=O)C(CC)CCCCC.CCC.CCC. The highest BCUT2D eigenvalue weighted by molar-refractivity contribution is 5.87. The third-order valence-corrected chi connectivity index (χ3v) is 5.10. The van der Waals surface area contributed by atoms with Crippen molar-refractivity contribution in [1.29, 1.82) is 0 Å². The summed E-state index contributed by atoms with van der Waals surface area (Å²) in [7, 11) is 0. The lowest BCUT2D eigenvalue weighted by Crippen LogP contribution is -2.36. The molecule has 1 atom stereocenters. The molecule has 0 aliphatic rings. The molecule has 0 fully saturated rings. The number of hydrogen-bond acceptors (Lipinski definition) is 5. The van der Waals surface area contributed by atoms with Gasteiger partial charge in [0.15, 0.2) is 0 Å². The van der Waals surface area contributed by atoms with Gasteiger partial charge < -0.3 is 14.4 Å². The molecule has 0 saturated carbocycles.